The molecule has 1 aromatic carbocycles. The Hall–Kier alpha value is -1.00. The smallest absolute Gasteiger partial charge is 0.134 e. The van der Waals surface area contributed by atoms with E-state index in [1.165, 1.54) is 20.1 Å². The zero-order valence-electron chi connectivity index (χ0n) is 10.6. The highest BCUT2D eigenvalue weighted by molar-refractivity contribution is 5.29. The maximum absolute atomic E-state index is 13.9. The van der Waals surface area contributed by atoms with E-state index in [9.17, 15) is 13.9 Å². The Kier molecular flexibility index (Phi) is 4.22. The first-order valence-electron chi connectivity index (χ1n) is 5.55. The number of hydrogen-bond acceptors (Lipinski definition) is 2. The molecule has 0 fully saturated rings. The van der Waals surface area contributed by atoms with Crippen molar-refractivity contribution in [2.75, 3.05) is 7.11 Å². The average Bonchev–Trinajstić information content (AvgIpc) is 2.33. The Morgan fingerprint density at radius 1 is 1.41 bits per heavy atom. The summed E-state index contributed by atoms with van der Waals surface area (Å²) in [7, 11) is 1.42. The van der Waals surface area contributed by atoms with Crippen LogP contribution in [0.4, 0.5) is 8.78 Å². The number of aryl methyl sites for hydroxylation is 1. The first-order valence-corrected chi connectivity index (χ1v) is 5.55. The molecule has 0 saturated heterocycles. The van der Waals surface area contributed by atoms with Crippen LogP contribution in [0, 0.1) is 18.6 Å². The second-order valence-corrected chi connectivity index (χ2v) is 4.36. The fraction of sp³-hybridized carbons (Fsp3) is 0.538. The summed E-state index contributed by atoms with van der Waals surface area (Å²) in [6, 6.07) is 2.50. The second kappa shape index (κ2) is 5.10. The van der Waals surface area contributed by atoms with Crippen molar-refractivity contribution in [1.29, 1.82) is 0 Å². The van der Waals surface area contributed by atoms with Gasteiger partial charge in [-0.25, -0.2) is 8.78 Å². The van der Waals surface area contributed by atoms with Gasteiger partial charge in [0.1, 0.15) is 17.7 Å². The molecule has 0 saturated carbocycles. The molecule has 4 heteroatoms. The van der Waals surface area contributed by atoms with Gasteiger partial charge in [-0.1, -0.05) is 13.0 Å². The van der Waals surface area contributed by atoms with Crippen LogP contribution in [0.2, 0.25) is 0 Å². The summed E-state index contributed by atoms with van der Waals surface area (Å²) >= 11 is 0. The maximum atomic E-state index is 13.9. The van der Waals surface area contributed by atoms with Crippen LogP contribution in [0.15, 0.2) is 12.1 Å². The molecule has 1 N–H and O–H groups in total. The van der Waals surface area contributed by atoms with E-state index >= 15 is 0 Å². The highest BCUT2D eigenvalue weighted by atomic mass is 19.1. The molecule has 1 aromatic rings. The molecule has 0 radical (unpaired) electrons. The average molecular weight is 244 g/mol. The summed E-state index contributed by atoms with van der Waals surface area (Å²) in [5, 5.41) is 10.1. The van der Waals surface area contributed by atoms with Gasteiger partial charge in [0.2, 0.25) is 0 Å². The van der Waals surface area contributed by atoms with Crippen LogP contribution in [0.3, 0.4) is 0 Å². The Balaban J connectivity index is 3.29. The molecule has 17 heavy (non-hydrogen) atoms. The molecule has 0 spiro atoms. The summed E-state index contributed by atoms with van der Waals surface area (Å²) in [6.07, 6.45) is -0.894. The summed E-state index contributed by atoms with van der Waals surface area (Å²) in [5.74, 6) is -1.47. The lowest BCUT2D eigenvalue weighted by Crippen LogP contribution is -2.35. The minimum Gasteiger partial charge on any atom is -0.385 e. The Labute approximate surface area is 100 Å². The fourth-order valence-corrected chi connectivity index (χ4v) is 1.68. The van der Waals surface area contributed by atoms with E-state index in [1.807, 2.05) is 0 Å². The highest BCUT2D eigenvalue weighted by Gasteiger charge is 2.36. The monoisotopic (exact) mass is 244 g/mol. The summed E-state index contributed by atoms with van der Waals surface area (Å²) in [6.45, 7) is 4.94. The van der Waals surface area contributed by atoms with Crippen LogP contribution in [-0.4, -0.2) is 17.8 Å². The van der Waals surface area contributed by atoms with Gasteiger partial charge in [-0.2, -0.15) is 0 Å². The molecule has 0 aromatic heterocycles. The number of methoxy groups -OCH3 is 1. The third-order valence-electron chi connectivity index (χ3n) is 3.34. The molecule has 2 unspecified atom stereocenters. The minimum absolute atomic E-state index is 0.301. The van der Waals surface area contributed by atoms with Gasteiger partial charge in [-0.15, -0.1) is 0 Å². The summed E-state index contributed by atoms with van der Waals surface area (Å²) in [4.78, 5) is 0. The van der Waals surface area contributed by atoms with Crippen LogP contribution >= 0.6 is 0 Å². The number of aliphatic hydroxyl groups excluding tert-OH is 1. The second-order valence-electron chi connectivity index (χ2n) is 4.36. The third kappa shape index (κ3) is 2.48. The number of rotatable bonds is 4. The number of ether oxygens (including phenoxy) is 1. The van der Waals surface area contributed by atoms with Gasteiger partial charge in [0.25, 0.3) is 0 Å². The predicted molar refractivity (Wildman–Crippen MR) is 61.8 cm³/mol. The van der Waals surface area contributed by atoms with Gasteiger partial charge in [0.15, 0.2) is 0 Å². The zero-order valence-corrected chi connectivity index (χ0v) is 10.6. The normalized spacial score (nSPS) is 16.6. The van der Waals surface area contributed by atoms with E-state index < -0.39 is 23.3 Å². The van der Waals surface area contributed by atoms with Crippen LogP contribution in [0.25, 0.3) is 0 Å². The molecule has 1 rings (SSSR count). The van der Waals surface area contributed by atoms with Gasteiger partial charge >= 0.3 is 0 Å². The van der Waals surface area contributed by atoms with E-state index in [0.29, 0.717) is 12.0 Å². The number of halogens is 2. The third-order valence-corrected chi connectivity index (χ3v) is 3.34. The van der Waals surface area contributed by atoms with Gasteiger partial charge in [-0.05, 0) is 31.9 Å². The van der Waals surface area contributed by atoms with Gasteiger partial charge < -0.3 is 9.84 Å². The molecule has 0 amide bonds. The van der Waals surface area contributed by atoms with Gasteiger partial charge in [0, 0.05) is 7.11 Å². The van der Waals surface area contributed by atoms with Crippen molar-refractivity contribution in [3.8, 4) is 0 Å². The first-order chi connectivity index (χ1) is 7.87. The van der Waals surface area contributed by atoms with E-state index in [0.717, 1.165) is 6.07 Å². The van der Waals surface area contributed by atoms with Crippen LogP contribution in [-0.2, 0) is 4.74 Å². The number of hydrogen-bond donors (Lipinski definition) is 1. The van der Waals surface area contributed by atoms with Crippen molar-refractivity contribution in [2.45, 2.75) is 38.9 Å². The Morgan fingerprint density at radius 3 is 2.47 bits per heavy atom. The fourth-order valence-electron chi connectivity index (χ4n) is 1.68. The first kappa shape index (κ1) is 14.1. The maximum Gasteiger partial charge on any atom is 0.134 e. The standard InChI is InChI=1S/C13H18F2O2/c1-5-13(3,17-4)12(16)10-9(14)7-6-8(2)11(10)15/h6-7,12,16H,5H2,1-4H3. The highest BCUT2D eigenvalue weighted by Crippen LogP contribution is 2.35. The lowest BCUT2D eigenvalue weighted by atomic mass is 9.89. The van der Waals surface area contributed by atoms with E-state index in [2.05, 4.69) is 0 Å². The van der Waals surface area contributed by atoms with Crippen molar-refractivity contribution in [2.24, 2.45) is 0 Å². The molecule has 2 nitrogen and oxygen atoms in total. The minimum atomic E-state index is -1.34. The largest absolute Gasteiger partial charge is 0.385 e. The van der Waals surface area contributed by atoms with Crippen molar-refractivity contribution in [3.05, 3.63) is 34.9 Å². The van der Waals surface area contributed by atoms with Crippen molar-refractivity contribution >= 4 is 0 Å². The zero-order chi connectivity index (χ0) is 13.2. The molecular formula is C13H18F2O2. The summed E-state index contributed by atoms with van der Waals surface area (Å²) in [5.41, 5.74) is -1.03. The van der Waals surface area contributed by atoms with Gasteiger partial charge in [-0.3, -0.25) is 0 Å². The van der Waals surface area contributed by atoms with Crippen LogP contribution < -0.4 is 0 Å². The van der Waals surface area contributed by atoms with Gasteiger partial charge in [0.05, 0.1) is 11.2 Å². The molecule has 0 aliphatic heterocycles. The van der Waals surface area contributed by atoms with Crippen LogP contribution in [0.1, 0.15) is 37.5 Å². The SMILES string of the molecule is CCC(C)(OC)C(O)c1c(F)ccc(C)c1F. The Morgan fingerprint density at radius 2 is 2.00 bits per heavy atom. The van der Waals surface area contributed by atoms with E-state index in [4.69, 9.17) is 4.74 Å². The lowest BCUT2D eigenvalue weighted by molar-refractivity contribution is -0.0968. The molecule has 0 aliphatic carbocycles. The molecule has 0 heterocycles. The Bertz CT molecular complexity index is 401. The topological polar surface area (TPSA) is 29.5 Å². The molecule has 96 valence electrons. The van der Waals surface area contributed by atoms with E-state index in [-0.39, 0.29) is 5.56 Å². The van der Waals surface area contributed by atoms with Crippen LogP contribution in [0.5, 0.6) is 0 Å². The molecule has 0 bridgehead atoms. The van der Waals surface area contributed by atoms with Crippen molar-refractivity contribution in [3.63, 3.8) is 0 Å². The van der Waals surface area contributed by atoms with Crippen molar-refractivity contribution in [1.82, 2.24) is 0 Å². The number of benzene rings is 1. The van der Waals surface area contributed by atoms with E-state index in [1.54, 1.807) is 13.8 Å². The predicted octanol–water partition coefficient (Wildman–Crippen LogP) is 3.12. The molecular weight excluding hydrogens is 226 g/mol. The number of aliphatic hydroxyl groups is 1. The van der Waals surface area contributed by atoms with Crippen molar-refractivity contribution < 1.29 is 18.6 Å². The summed E-state index contributed by atoms with van der Waals surface area (Å²) < 4.78 is 32.7. The quantitative estimate of drug-likeness (QED) is 0.881. The molecule has 0 aliphatic rings. The lowest BCUT2D eigenvalue weighted by Gasteiger charge is -2.32. The molecule has 2 atom stereocenters.